The fourth-order valence-electron chi connectivity index (χ4n) is 15.3. The number of hydrogen-bond donors (Lipinski definition) is 3. The number of nitrogens with zero attached hydrogens (tertiary/aromatic N) is 9. The molecule has 3 heterocycles. The van der Waals surface area contributed by atoms with Crippen LogP contribution in [0.25, 0.3) is 0 Å². The lowest BCUT2D eigenvalue weighted by molar-refractivity contribution is -0.157. The van der Waals surface area contributed by atoms with Crippen molar-refractivity contribution in [3.63, 3.8) is 0 Å². The molecule has 6 fully saturated rings. The van der Waals surface area contributed by atoms with Crippen molar-refractivity contribution in [3.05, 3.63) is 35.4 Å². The number of fused-ring (bicyclic) bond motifs is 1. The van der Waals surface area contributed by atoms with Crippen LogP contribution in [0, 0.1) is 17.8 Å². The van der Waals surface area contributed by atoms with Gasteiger partial charge in [-0.3, -0.25) is 57.5 Å². The zero-order valence-electron chi connectivity index (χ0n) is 59.6. The molecule has 24 nitrogen and oxygen atoms in total. The molecule has 0 bridgehead atoms. The molecule has 6 aliphatic rings. The first-order valence-corrected chi connectivity index (χ1v) is 35.9. The van der Waals surface area contributed by atoms with Crippen molar-refractivity contribution in [2.45, 2.75) is 235 Å². The number of halogens is 3. The molecule has 3 aliphatic heterocycles. The van der Waals surface area contributed by atoms with Gasteiger partial charge in [-0.1, -0.05) is 96.6 Å². The van der Waals surface area contributed by atoms with Gasteiger partial charge in [0.25, 0.3) is 0 Å². The molecule has 1 aromatic carbocycles. The fourth-order valence-corrected chi connectivity index (χ4v) is 15.3. The van der Waals surface area contributed by atoms with E-state index in [1.807, 2.05) is 6.92 Å². The van der Waals surface area contributed by atoms with Gasteiger partial charge in [0.2, 0.25) is 70.9 Å². The Morgan fingerprint density at radius 2 is 1.19 bits per heavy atom. The van der Waals surface area contributed by atoms with Crippen LogP contribution in [0.3, 0.4) is 0 Å². The van der Waals surface area contributed by atoms with Gasteiger partial charge in [-0.2, -0.15) is 13.2 Å². The van der Waals surface area contributed by atoms with Gasteiger partial charge in [0.15, 0.2) is 0 Å². The molecule has 0 aromatic heterocycles. The van der Waals surface area contributed by atoms with Gasteiger partial charge in [0.1, 0.15) is 47.8 Å². The van der Waals surface area contributed by atoms with E-state index in [9.17, 15) is 51.5 Å². The van der Waals surface area contributed by atoms with Crippen LogP contribution in [0.5, 0.6) is 0 Å². The van der Waals surface area contributed by atoms with Crippen molar-refractivity contribution in [1.82, 2.24) is 60.0 Å². The van der Waals surface area contributed by atoms with Gasteiger partial charge in [-0.05, 0) is 126 Å². The minimum atomic E-state index is -4.56. The summed E-state index contributed by atoms with van der Waals surface area (Å²) in [6, 6.07) is -3.85. The molecule has 3 saturated heterocycles. The third-order valence-electron chi connectivity index (χ3n) is 22.0. The monoisotopic (exact) mass is 1380 g/mol. The molecule has 7 rings (SSSR count). The Balaban J connectivity index is 1.25. The fraction of sp³-hybridized carbons (Fsp3) is 0.746. The molecule has 0 unspecified atom stereocenters. The number of nitrogens with one attached hydrogen (secondary N) is 3. The minimum absolute atomic E-state index is 0.0342. The molecular weight excluding hydrogens is 1270 g/mol. The number of likely N-dealkylation sites (N-methyl/N-ethyl adjacent to an activating group) is 7. The largest absolute Gasteiger partial charge is 0.416 e. The Morgan fingerprint density at radius 1 is 0.602 bits per heavy atom. The summed E-state index contributed by atoms with van der Waals surface area (Å²) in [5.41, 5.74) is -1.83. The standard InChI is InChI=1S/C71H109F3N12O12/c1-11-46(2)60-67(96)80(6)44-58(89)78(4)45-59(90)82(8)54(41-49-25-15-12-16-26-49)65(94)79(5)43-56(87)75-52(30-23-27-48-32-34-51(35-33-48)71(72,73)74)64(93)86-40-24-31-53(86)63(92)77-70(36-19-20-37-70)69(98)84(10)61(50-28-17-13-18-29-50)68(97)83(9)55(66(95)85-38-21-14-22-39-85)42-57(88)81(7)47(3)62(91)76-60/h32-35,46-47,49-50,52-55,60-61H,11-31,36-45H2,1-10H3,(H,75,87)(H,76,91)(H,77,92)/t46-,47-,52-,53-,54-,55-,60-,61-/m0/s1. The van der Waals surface area contributed by atoms with Crippen LogP contribution in [0.2, 0.25) is 0 Å². The van der Waals surface area contributed by atoms with Crippen LogP contribution in [0.4, 0.5) is 13.2 Å². The highest BCUT2D eigenvalue weighted by Gasteiger charge is 2.51. The number of carbonyl (C=O) groups is 12. The Kier molecular flexibility index (Phi) is 27.9. The average molecular weight is 1380 g/mol. The van der Waals surface area contributed by atoms with Crippen molar-refractivity contribution < 1.29 is 70.7 Å². The smallest absolute Gasteiger partial charge is 0.343 e. The second-order valence-corrected chi connectivity index (χ2v) is 28.9. The lowest BCUT2D eigenvalue weighted by Crippen LogP contribution is -2.65. The van der Waals surface area contributed by atoms with Crippen LogP contribution in [-0.2, 0) is 70.1 Å². The maximum atomic E-state index is 15.7. The number of aryl methyl sites for hydroxylation is 1. The average Bonchev–Trinajstić information content (AvgIpc) is 1.39. The summed E-state index contributed by atoms with van der Waals surface area (Å²) < 4.78 is 40.7. The van der Waals surface area contributed by atoms with Gasteiger partial charge in [0.05, 0.1) is 31.6 Å². The second kappa shape index (κ2) is 35.1. The van der Waals surface area contributed by atoms with Gasteiger partial charge < -0.3 is 60.0 Å². The number of alkyl halides is 3. The van der Waals surface area contributed by atoms with Crippen LogP contribution in [-0.4, -0.2) is 251 Å². The number of carbonyl (C=O) groups excluding carboxylic acids is 12. The summed E-state index contributed by atoms with van der Waals surface area (Å²) >= 11 is 0. The first kappa shape index (κ1) is 78.0. The molecule has 3 saturated carbocycles. The Morgan fingerprint density at radius 3 is 1.81 bits per heavy atom. The van der Waals surface area contributed by atoms with Crippen molar-refractivity contribution in [1.29, 1.82) is 0 Å². The van der Waals surface area contributed by atoms with Crippen molar-refractivity contribution in [2.75, 3.05) is 88.6 Å². The van der Waals surface area contributed by atoms with Crippen LogP contribution in [0.1, 0.15) is 186 Å². The predicted molar refractivity (Wildman–Crippen MR) is 359 cm³/mol. The second-order valence-electron chi connectivity index (χ2n) is 28.9. The third kappa shape index (κ3) is 19.5. The summed E-state index contributed by atoms with van der Waals surface area (Å²) in [4.78, 5) is 189. The topological polar surface area (TPSA) is 270 Å². The zero-order valence-corrected chi connectivity index (χ0v) is 59.6. The van der Waals surface area contributed by atoms with Crippen molar-refractivity contribution >= 4 is 70.9 Å². The van der Waals surface area contributed by atoms with E-state index in [2.05, 4.69) is 16.0 Å². The number of hydrogen-bond acceptors (Lipinski definition) is 12. The summed E-state index contributed by atoms with van der Waals surface area (Å²) in [7, 11) is 10.0. The Hall–Kier alpha value is -7.35. The number of likely N-dealkylation sites (tertiary alicyclic amines) is 1. The van der Waals surface area contributed by atoms with E-state index in [4.69, 9.17) is 0 Å². The maximum absolute atomic E-state index is 15.7. The molecule has 98 heavy (non-hydrogen) atoms. The normalized spacial score (nSPS) is 27.2. The third-order valence-corrected chi connectivity index (χ3v) is 22.0. The quantitative estimate of drug-likeness (QED) is 0.275. The summed E-state index contributed by atoms with van der Waals surface area (Å²) in [6.45, 7) is 4.32. The predicted octanol–water partition coefficient (Wildman–Crippen LogP) is 5.13. The molecule has 8 atom stereocenters. The van der Waals surface area contributed by atoms with Gasteiger partial charge in [-0.15, -0.1) is 0 Å². The highest BCUT2D eigenvalue weighted by molar-refractivity contribution is 6.00. The summed E-state index contributed by atoms with van der Waals surface area (Å²) in [6.07, 6.45) is 8.19. The molecule has 546 valence electrons. The minimum Gasteiger partial charge on any atom is -0.343 e. The van der Waals surface area contributed by atoms with E-state index in [0.717, 1.165) is 79.7 Å². The highest BCUT2D eigenvalue weighted by Crippen LogP contribution is 2.37. The van der Waals surface area contributed by atoms with Crippen molar-refractivity contribution in [2.24, 2.45) is 17.8 Å². The SMILES string of the molecule is CC[C@H](C)[C@@H]1NC(=O)[C@H](C)N(C)C(=O)C[C@@H](C(=O)N2CCCCC2)N(C)C(=O)[C@H](C2CCCCC2)N(C)C(=O)C2(CCCC2)NC(=O)[C@@H]2CCCN2C(=O)[C@H](CCCc2ccc(C(F)(F)F)cc2)NC(=O)CN(C)C(=O)[C@H](CC2CCCCC2)N(C)C(=O)CN(C)C(=O)CN(C)C1=O. The summed E-state index contributed by atoms with van der Waals surface area (Å²) in [5.74, 6) is -8.26. The lowest BCUT2D eigenvalue weighted by atomic mass is 9.81. The van der Waals surface area contributed by atoms with E-state index in [0.29, 0.717) is 70.0 Å². The van der Waals surface area contributed by atoms with Gasteiger partial charge in [-0.25, -0.2) is 0 Å². The molecule has 3 aliphatic carbocycles. The lowest BCUT2D eigenvalue weighted by Gasteiger charge is -2.43. The van der Waals surface area contributed by atoms with Crippen LogP contribution >= 0.6 is 0 Å². The van der Waals surface area contributed by atoms with Crippen LogP contribution in [0.15, 0.2) is 24.3 Å². The van der Waals surface area contributed by atoms with E-state index in [1.165, 1.54) is 97.8 Å². The van der Waals surface area contributed by atoms with Gasteiger partial charge in [0, 0.05) is 69.0 Å². The van der Waals surface area contributed by atoms with E-state index < -0.39 is 162 Å². The molecule has 1 spiro atoms. The van der Waals surface area contributed by atoms with Crippen molar-refractivity contribution in [3.8, 4) is 0 Å². The zero-order chi connectivity index (χ0) is 71.9. The molecule has 12 amide bonds. The molecular formula is C71H109F3N12O12. The number of rotatable bonds is 10. The number of amides is 12. The van der Waals surface area contributed by atoms with E-state index >= 15 is 19.2 Å². The molecule has 0 radical (unpaired) electrons. The van der Waals surface area contributed by atoms with E-state index in [1.54, 1.807) is 11.8 Å². The summed E-state index contributed by atoms with van der Waals surface area (Å²) in [5, 5.41) is 8.74. The molecule has 3 N–H and O–H groups in total. The maximum Gasteiger partial charge on any atom is 0.416 e. The van der Waals surface area contributed by atoms with Gasteiger partial charge >= 0.3 is 6.18 Å². The number of benzene rings is 1. The highest BCUT2D eigenvalue weighted by atomic mass is 19.4. The number of piperidine rings is 1. The first-order valence-electron chi connectivity index (χ1n) is 35.9. The Labute approximate surface area is 576 Å². The molecule has 27 heteroatoms. The first-order chi connectivity index (χ1) is 46.4. The van der Waals surface area contributed by atoms with Crippen LogP contribution < -0.4 is 16.0 Å². The van der Waals surface area contributed by atoms with E-state index in [-0.39, 0.29) is 63.3 Å². The molecule has 1 aromatic rings. The Bertz CT molecular complexity index is 3000.